The standard InChI is InChI=1S/C13H18BrNO4/c1-16-7-10(17-2)6-15-5-9-3-11(14)13-12(4-9)18-8-19-13/h3-4,10,15H,5-8H2,1-2H3. The van der Waals surface area contributed by atoms with Gasteiger partial charge in [-0.2, -0.15) is 0 Å². The van der Waals surface area contributed by atoms with Gasteiger partial charge in [-0.25, -0.2) is 0 Å². The lowest BCUT2D eigenvalue weighted by molar-refractivity contribution is 0.0288. The second-order valence-corrected chi connectivity index (χ2v) is 5.11. The summed E-state index contributed by atoms with van der Waals surface area (Å²) < 4.78 is 22.0. The van der Waals surface area contributed by atoms with Crippen LogP contribution in [0.25, 0.3) is 0 Å². The summed E-state index contributed by atoms with van der Waals surface area (Å²) in [6, 6.07) is 4.01. The number of nitrogens with one attached hydrogen (secondary N) is 1. The quantitative estimate of drug-likeness (QED) is 0.827. The Hall–Kier alpha value is -0.820. The van der Waals surface area contributed by atoms with E-state index in [4.69, 9.17) is 18.9 Å². The molecule has 2 rings (SSSR count). The van der Waals surface area contributed by atoms with Crippen LogP contribution in [0, 0.1) is 0 Å². The van der Waals surface area contributed by atoms with E-state index in [9.17, 15) is 0 Å². The zero-order chi connectivity index (χ0) is 13.7. The van der Waals surface area contributed by atoms with E-state index < -0.39 is 0 Å². The molecule has 0 aromatic heterocycles. The Labute approximate surface area is 121 Å². The van der Waals surface area contributed by atoms with Gasteiger partial charge in [0.2, 0.25) is 6.79 Å². The molecule has 1 aromatic carbocycles. The Kier molecular flexibility index (Phi) is 5.45. The fraction of sp³-hybridized carbons (Fsp3) is 0.538. The molecule has 106 valence electrons. The van der Waals surface area contributed by atoms with Gasteiger partial charge in [0.25, 0.3) is 0 Å². The summed E-state index contributed by atoms with van der Waals surface area (Å²) in [5.41, 5.74) is 1.13. The average Bonchev–Trinajstić information content (AvgIpc) is 2.86. The number of rotatable bonds is 7. The van der Waals surface area contributed by atoms with Crippen molar-refractivity contribution in [3.05, 3.63) is 22.2 Å². The van der Waals surface area contributed by atoms with Crippen molar-refractivity contribution >= 4 is 15.9 Å². The van der Waals surface area contributed by atoms with Crippen molar-refractivity contribution < 1.29 is 18.9 Å². The van der Waals surface area contributed by atoms with E-state index >= 15 is 0 Å². The van der Waals surface area contributed by atoms with E-state index in [-0.39, 0.29) is 12.9 Å². The SMILES string of the molecule is COCC(CNCc1cc(Br)c2c(c1)OCO2)OC. The fourth-order valence-corrected chi connectivity index (χ4v) is 2.50. The highest BCUT2D eigenvalue weighted by atomic mass is 79.9. The molecule has 1 aromatic rings. The highest BCUT2D eigenvalue weighted by Crippen LogP contribution is 2.39. The van der Waals surface area contributed by atoms with Gasteiger partial charge in [-0.3, -0.25) is 0 Å². The Bertz CT molecular complexity index is 427. The molecule has 5 nitrogen and oxygen atoms in total. The zero-order valence-electron chi connectivity index (χ0n) is 11.1. The molecule has 0 saturated heterocycles. The fourth-order valence-electron chi connectivity index (χ4n) is 1.90. The summed E-state index contributed by atoms with van der Waals surface area (Å²) in [6.45, 7) is 2.33. The summed E-state index contributed by atoms with van der Waals surface area (Å²) in [7, 11) is 3.35. The number of benzene rings is 1. The van der Waals surface area contributed by atoms with Gasteiger partial charge in [-0.15, -0.1) is 0 Å². The molecule has 1 heterocycles. The highest BCUT2D eigenvalue weighted by molar-refractivity contribution is 9.10. The van der Waals surface area contributed by atoms with E-state index in [1.165, 1.54) is 0 Å². The normalized spacial score (nSPS) is 14.7. The number of hydrogen-bond donors (Lipinski definition) is 1. The summed E-state index contributed by atoms with van der Waals surface area (Å²) >= 11 is 3.48. The van der Waals surface area contributed by atoms with Crippen LogP contribution in [-0.2, 0) is 16.0 Å². The number of halogens is 1. The van der Waals surface area contributed by atoms with E-state index in [1.54, 1.807) is 14.2 Å². The van der Waals surface area contributed by atoms with Crippen molar-refractivity contribution in [3.8, 4) is 11.5 Å². The number of ether oxygens (including phenoxy) is 4. The molecule has 0 amide bonds. The van der Waals surface area contributed by atoms with Crippen LogP contribution in [-0.4, -0.2) is 40.3 Å². The topological polar surface area (TPSA) is 49.0 Å². The summed E-state index contributed by atoms with van der Waals surface area (Å²) in [5.74, 6) is 1.56. The molecule has 0 saturated carbocycles. The van der Waals surface area contributed by atoms with E-state index in [0.29, 0.717) is 6.61 Å². The smallest absolute Gasteiger partial charge is 0.231 e. The number of fused-ring (bicyclic) bond motifs is 1. The molecule has 0 spiro atoms. The molecule has 1 N–H and O–H groups in total. The van der Waals surface area contributed by atoms with Gasteiger partial charge in [-0.1, -0.05) is 0 Å². The second kappa shape index (κ2) is 7.09. The maximum absolute atomic E-state index is 5.38. The van der Waals surface area contributed by atoms with Crippen LogP contribution in [0.15, 0.2) is 16.6 Å². The number of methoxy groups -OCH3 is 2. The zero-order valence-corrected chi connectivity index (χ0v) is 12.7. The predicted octanol–water partition coefficient (Wildman–Crippen LogP) is 1.93. The molecule has 1 aliphatic heterocycles. The van der Waals surface area contributed by atoms with Crippen molar-refractivity contribution in [3.63, 3.8) is 0 Å². The van der Waals surface area contributed by atoms with Gasteiger partial charge in [0, 0.05) is 27.3 Å². The molecule has 0 aliphatic carbocycles. The molecule has 1 unspecified atom stereocenters. The van der Waals surface area contributed by atoms with Crippen molar-refractivity contribution in [2.75, 3.05) is 34.2 Å². The highest BCUT2D eigenvalue weighted by Gasteiger charge is 2.17. The Balaban J connectivity index is 1.88. The molecule has 1 aliphatic rings. The minimum Gasteiger partial charge on any atom is -0.454 e. The maximum atomic E-state index is 5.38. The molecule has 1 atom stereocenters. The first kappa shape index (κ1) is 14.6. The van der Waals surface area contributed by atoms with E-state index in [1.807, 2.05) is 12.1 Å². The van der Waals surface area contributed by atoms with Crippen LogP contribution >= 0.6 is 15.9 Å². The third-order valence-corrected chi connectivity index (χ3v) is 3.46. The third-order valence-electron chi connectivity index (χ3n) is 2.87. The molecule has 0 bridgehead atoms. The molecule has 0 fully saturated rings. The lowest BCUT2D eigenvalue weighted by Gasteiger charge is -2.15. The largest absolute Gasteiger partial charge is 0.454 e. The summed E-state index contributed by atoms with van der Waals surface area (Å²) in [4.78, 5) is 0. The molecule has 6 heteroatoms. The van der Waals surface area contributed by atoms with Gasteiger partial charge >= 0.3 is 0 Å². The minimum absolute atomic E-state index is 0.0578. The van der Waals surface area contributed by atoms with Crippen LogP contribution in [0.3, 0.4) is 0 Å². The Morgan fingerprint density at radius 1 is 1.37 bits per heavy atom. The van der Waals surface area contributed by atoms with Gasteiger partial charge in [0.1, 0.15) is 0 Å². The van der Waals surface area contributed by atoms with Crippen molar-refractivity contribution in [2.45, 2.75) is 12.6 Å². The van der Waals surface area contributed by atoms with Gasteiger partial charge in [0.05, 0.1) is 17.2 Å². The van der Waals surface area contributed by atoms with Gasteiger partial charge in [0.15, 0.2) is 11.5 Å². The van der Waals surface area contributed by atoms with Crippen molar-refractivity contribution in [1.29, 1.82) is 0 Å². The molecular weight excluding hydrogens is 314 g/mol. The summed E-state index contributed by atoms with van der Waals surface area (Å²) in [6.07, 6.45) is 0.0578. The summed E-state index contributed by atoms with van der Waals surface area (Å²) in [5, 5.41) is 3.33. The minimum atomic E-state index is 0.0578. The Morgan fingerprint density at radius 3 is 2.95 bits per heavy atom. The van der Waals surface area contributed by atoms with Crippen LogP contribution < -0.4 is 14.8 Å². The lowest BCUT2D eigenvalue weighted by Crippen LogP contribution is -2.31. The monoisotopic (exact) mass is 331 g/mol. The second-order valence-electron chi connectivity index (χ2n) is 4.26. The van der Waals surface area contributed by atoms with Gasteiger partial charge < -0.3 is 24.3 Å². The van der Waals surface area contributed by atoms with Crippen LogP contribution in [0.4, 0.5) is 0 Å². The lowest BCUT2D eigenvalue weighted by atomic mass is 10.2. The first-order chi connectivity index (χ1) is 9.24. The maximum Gasteiger partial charge on any atom is 0.231 e. The molecular formula is C13H18BrNO4. The van der Waals surface area contributed by atoms with E-state index in [2.05, 4.69) is 21.2 Å². The average molecular weight is 332 g/mol. The number of hydrogen-bond acceptors (Lipinski definition) is 5. The molecule has 19 heavy (non-hydrogen) atoms. The third kappa shape index (κ3) is 3.82. The van der Waals surface area contributed by atoms with Crippen molar-refractivity contribution in [2.24, 2.45) is 0 Å². The molecule has 0 radical (unpaired) electrons. The van der Waals surface area contributed by atoms with E-state index in [0.717, 1.165) is 34.6 Å². The predicted molar refractivity (Wildman–Crippen MR) is 74.6 cm³/mol. The van der Waals surface area contributed by atoms with Crippen LogP contribution in [0.1, 0.15) is 5.56 Å². The van der Waals surface area contributed by atoms with Crippen molar-refractivity contribution in [1.82, 2.24) is 5.32 Å². The van der Waals surface area contributed by atoms with Crippen LogP contribution in [0.2, 0.25) is 0 Å². The Morgan fingerprint density at radius 2 is 2.21 bits per heavy atom. The first-order valence-electron chi connectivity index (χ1n) is 6.05. The first-order valence-corrected chi connectivity index (χ1v) is 6.84. The van der Waals surface area contributed by atoms with Gasteiger partial charge in [-0.05, 0) is 33.6 Å². The van der Waals surface area contributed by atoms with Crippen LogP contribution in [0.5, 0.6) is 11.5 Å².